The van der Waals surface area contributed by atoms with Crippen molar-refractivity contribution in [3.05, 3.63) is 48.5 Å². The minimum atomic E-state index is -3.72. The normalized spacial score (nSPS) is 10.3. The fourth-order valence-corrected chi connectivity index (χ4v) is 1.30. The predicted molar refractivity (Wildman–Crippen MR) is 76.9 cm³/mol. The van der Waals surface area contributed by atoms with E-state index in [-0.39, 0.29) is 0 Å². The molecular weight excluding hydrogens is 309 g/mol. The van der Waals surface area contributed by atoms with Crippen molar-refractivity contribution in [1.82, 2.24) is 4.98 Å². The second kappa shape index (κ2) is 7.33. The number of halogens is 2. The Morgan fingerprint density at radius 1 is 1.00 bits per heavy atom. The molecule has 0 radical (unpaired) electrons. The topological polar surface area (TPSA) is 56.3 Å². The quantitative estimate of drug-likeness (QED) is 0.795. The van der Waals surface area contributed by atoms with E-state index in [1.165, 1.54) is 0 Å². The molecule has 0 aliphatic heterocycles. The summed E-state index contributed by atoms with van der Waals surface area (Å²) in [6.45, 7) is 0. The van der Waals surface area contributed by atoms with Crippen molar-refractivity contribution < 1.29 is 13.2 Å². The SMILES string of the molecule is COc1cccc(-c2ccccc2)n1.O=S(=O)(Cl)Cl. The van der Waals surface area contributed by atoms with E-state index in [9.17, 15) is 0 Å². The van der Waals surface area contributed by atoms with E-state index >= 15 is 0 Å². The highest BCUT2D eigenvalue weighted by atomic mass is 36.0. The Labute approximate surface area is 120 Å². The Bertz CT molecular complexity index is 610. The second-order valence-electron chi connectivity index (χ2n) is 3.31. The number of pyridine rings is 1. The van der Waals surface area contributed by atoms with E-state index in [4.69, 9.17) is 13.2 Å². The second-order valence-corrected chi connectivity index (χ2v) is 6.98. The molecule has 0 unspecified atom stereocenters. The van der Waals surface area contributed by atoms with Gasteiger partial charge in [0, 0.05) is 33.0 Å². The maximum absolute atomic E-state index is 9.16. The number of aromatic nitrogens is 1. The largest absolute Gasteiger partial charge is 0.481 e. The van der Waals surface area contributed by atoms with Crippen LogP contribution in [0.15, 0.2) is 48.5 Å². The zero-order chi connectivity index (χ0) is 14.3. The van der Waals surface area contributed by atoms with Gasteiger partial charge in [0.05, 0.1) is 12.8 Å². The fourth-order valence-electron chi connectivity index (χ4n) is 1.30. The van der Waals surface area contributed by atoms with Crippen molar-refractivity contribution >= 4 is 29.6 Å². The van der Waals surface area contributed by atoms with Crippen molar-refractivity contribution in [3.8, 4) is 17.1 Å². The summed E-state index contributed by atoms with van der Waals surface area (Å²) in [7, 11) is 6.44. The van der Waals surface area contributed by atoms with Crippen LogP contribution >= 0.6 is 21.4 Å². The molecule has 0 aliphatic carbocycles. The van der Waals surface area contributed by atoms with Gasteiger partial charge in [-0.15, -0.1) is 0 Å². The first-order valence-electron chi connectivity index (χ1n) is 5.11. The summed E-state index contributed by atoms with van der Waals surface area (Å²) in [5, 5.41) is 0. The molecule has 0 saturated heterocycles. The van der Waals surface area contributed by atoms with Gasteiger partial charge in [-0.2, -0.15) is 8.42 Å². The molecule has 4 nitrogen and oxygen atoms in total. The summed E-state index contributed by atoms with van der Waals surface area (Å²) in [4.78, 5) is 4.34. The number of methoxy groups -OCH3 is 1. The van der Waals surface area contributed by atoms with Gasteiger partial charge in [-0.05, 0) is 6.07 Å². The Balaban J connectivity index is 0.000000312. The van der Waals surface area contributed by atoms with Crippen LogP contribution in [0.25, 0.3) is 11.3 Å². The Morgan fingerprint density at radius 3 is 2.11 bits per heavy atom. The van der Waals surface area contributed by atoms with E-state index in [1.807, 2.05) is 48.5 Å². The summed E-state index contributed by atoms with van der Waals surface area (Å²) in [5.41, 5.74) is 2.04. The van der Waals surface area contributed by atoms with Crippen LogP contribution in [0.4, 0.5) is 0 Å². The average molecular weight is 320 g/mol. The van der Waals surface area contributed by atoms with E-state index in [2.05, 4.69) is 26.3 Å². The Morgan fingerprint density at radius 2 is 1.58 bits per heavy atom. The van der Waals surface area contributed by atoms with Gasteiger partial charge in [-0.3, -0.25) is 0 Å². The molecule has 0 aliphatic rings. The van der Waals surface area contributed by atoms with Crippen molar-refractivity contribution in [2.24, 2.45) is 0 Å². The molecule has 0 atom stereocenters. The van der Waals surface area contributed by atoms with Gasteiger partial charge in [0.1, 0.15) is 0 Å². The van der Waals surface area contributed by atoms with Crippen LogP contribution in [-0.4, -0.2) is 20.5 Å². The zero-order valence-electron chi connectivity index (χ0n) is 9.95. The number of rotatable bonds is 2. The van der Waals surface area contributed by atoms with Gasteiger partial charge in [-0.25, -0.2) is 4.98 Å². The van der Waals surface area contributed by atoms with Crippen molar-refractivity contribution in [2.45, 2.75) is 0 Å². The number of ether oxygens (including phenoxy) is 1. The van der Waals surface area contributed by atoms with Crippen LogP contribution in [-0.2, 0) is 8.26 Å². The van der Waals surface area contributed by atoms with E-state index in [1.54, 1.807) is 7.11 Å². The molecule has 19 heavy (non-hydrogen) atoms. The molecule has 1 aromatic heterocycles. The minimum absolute atomic E-state index is 0.645. The first-order valence-corrected chi connectivity index (χ1v) is 8.24. The molecule has 1 heterocycles. The molecule has 2 rings (SSSR count). The lowest BCUT2D eigenvalue weighted by Crippen LogP contribution is -1.88. The first-order chi connectivity index (χ1) is 8.90. The van der Waals surface area contributed by atoms with E-state index in [0.717, 1.165) is 11.3 Å². The third kappa shape index (κ3) is 7.00. The molecule has 2 aromatic rings. The smallest absolute Gasteiger partial charge is 0.317 e. The molecular formula is C12H11Cl2NO3S. The lowest BCUT2D eigenvalue weighted by molar-refractivity contribution is 0.398. The highest BCUT2D eigenvalue weighted by Gasteiger charge is 1.98. The standard InChI is InChI=1S/C12H11NO.Cl2O2S/c1-14-12-9-5-8-11(13-12)10-6-3-2-4-7-10;1-5(2,3)4/h2-9H,1H3;. The molecule has 0 fully saturated rings. The lowest BCUT2D eigenvalue weighted by atomic mass is 10.1. The van der Waals surface area contributed by atoms with E-state index in [0.29, 0.717) is 5.88 Å². The summed E-state index contributed by atoms with van der Waals surface area (Å²) >= 11 is 0. The van der Waals surface area contributed by atoms with Gasteiger partial charge in [0.25, 0.3) is 0 Å². The number of hydrogen-bond donors (Lipinski definition) is 0. The monoisotopic (exact) mass is 319 g/mol. The highest BCUT2D eigenvalue weighted by Crippen LogP contribution is 2.18. The van der Waals surface area contributed by atoms with Crippen LogP contribution in [0, 0.1) is 0 Å². The summed E-state index contributed by atoms with van der Waals surface area (Å²) < 4.78 is 23.4. The lowest BCUT2D eigenvalue weighted by Gasteiger charge is -2.02. The van der Waals surface area contributed by atoms with Crippen molar-refractivity contribution in [1.29, 1.82) is 0 Å². The fraction of sp³-hybridized carbons (Fsp3) is 0.0833. The molecule has 0 spiro atoms. The van der Waals surface area contributed by atoms with Gasteiger partial charge in [0.2, 0.25) is 5.88 Å². The highest BCUT2D eigenvalue weighted by molar-refractivity contribution is 8.31. The molecule has 0 saturated carbocycles. The number of hydrogen-bond acceptors (Lipinski definition) is 4. The molecule has 0 N–H and O–H groups in total. The molecule has 1 aromatic carbocycles. The number of nitrogens with zero attached hydrogens (tertiary/aromatic N) is 1. The average Bonchev–Trinajstić information content (AvgIpc) is 2.38. The molecule has 0 bridgehead atoms. The summed E-state index contributed by atoms with van der Waals surface area (Å²) in [5.74, 6) is 0.645. The maximum atomic E-state index is 9.16. The van der Waals surface area contributed by atoms with Crippen LogP contribution in [0.5, 0.6) is 5.88 Å². The van der Waals surface area contributed by atoms with Crippen molar-refractivity contribution in [2.75, 3.05) is 7.11 Å². The van der Waals surface area contributed by atoms with Crippen LogP contribution < -0.4 is 4.74 Å². The number of benzene rings is 1. The zero-order valence-corrected chi connectivity index (χ0v) is 12.3. The molecule has 0 amide bonds. The van der Waals surface area contributed by atoms with Crippen molar-refractivity contribution in [3.63, 3.8) is 0 Å². The van der Waals surface area contributed by atoms with Crippen LogP contribution in [0.2, 0.25) is 0 Å². The Hall–Kier alpha value is -1.30. The maximum Gasteiger partial charge on any atom is 0.317 e. The van der Waals surface area contributed by atoms with Gasteiger partial charge in [-0.1, -0.05) is 36.4 Å². The van der Waals surface area contributed by atoms with Gasteiger partial charge >= 0.3 is 8.26 Å². The molecule has 102 valence electrons. The predicted octanol–water partition coefficient (Wildman–Crippen LogP) is 3.47. The van der Waals surface area contributed by atoms with Crippen LogP contribution in [0.3, 0.4) is 0 Å². The van der Waals surface area contributed by atoms with Crippen LogP contribution in [0.1, 0.15) is 0 Å². The summed E-state index contributed by atoms with van der Waals surface area (Å²) in [6, 6.07) is 15.8. The van der Waals surface area contributed by atoms with Gasteiger partial charge < -0.3 is 4.74 Å². The Kier molecular flexibility index (Phi) is 6.08. The van der Waals surface area contributed by atoms with E-state index < -0.39 is 8.26 Å². The first kappa shape index (κ1) is 15.8. The third-order valence-electron chi connectivity index (χ3n) is 2.00. The van der Waals surface area contributed by atoms with Gasteiger partial charge in [0.15, 0.2) is 0 Å². The molecule has 7 heteroatoms. The third-order valence-corrected chi connectivity index (χ3v) is 2.00. The summed E-state index contributed by atoms with van der Waals surface area (Å²) in [6.07, 6.45) is 0. The minimum Gasteiger partial charge on any atom is -0.481 e.